The second-order valence-electron chi connectivity index (χ2n) is 9.84. The standard InChI is InChI=1S/C25H28N4O2/c1-13-4-5-18-16(10-13)15(6-8-27-18)20(28-22-21(26-3)23(30)24(22)31)19-11-17-14(2)12-25(17)7-9-29(19)25/h4-6,8,10,14,17,19-20,26,28H,7,9,11-12H2,1-3H3/t14?,17?,19-,20?,25?/m0/s1. The number of pyridine rings is 1. The Hall–Kier alpha value is -2.73. The van der Waals surface area contributed by atoms with Crippen LogP contribution in [0.2, 0.25) is 0 Å². The van der Waals surface area contributed by atoms with Gasteiger partial charge >= 0.3 is 0 Å². The molecule has 1 saturated carbocycles. The summed E-state index contributed by atoms with van der Waals surface area (Å²) in [6.07, 6.45) is 5.54. The molecule has 0 bridgehead atoms. The van der Waals surface area contributed by atoms with Gasteiger partial charge in [0, 0.05) is 36.8 Å². The van der Waals surface area contributed by atoms with Gasteiger partial charge in [-0.3, -0.25) is 19.5 Å². The van der Waals surface area contributed by atoms with E-state index in [1.54, 1.807) is 7.05 Å². The van der Waals surface area contributed by atoms with Gasteiger partial charge < -0.3 is 10.6 Å². The van der Waals surface area contributed by atoms with Crippen LogP contribution in [-0.2, 0) is 0 Å². The Balaban J connectivity index is 1.48. The summed E-state index contributed by atoms with van der Waals surface area (Å²) in [6.45, 7) is 5.58. The predicted molar refractivity (Wildman–Crippen MR) is 123 cm³/mol. The molecule has 6 rings (SSSR count). The predicted octanol–water partition coefficient (Wildman–Crippen LogP) is 3.21. The molecule has 1 aliphatic carbocycles. The summed E-state index contributed by atoms with van der Waals surface area (Å²) in [6, 6.07) is 8.64. The van der Waals surface area contributed by atoms with Crippen molar-refractivity contribution in [3.8, 4) is 0 Å². The highest BCUT2D eigenvalue weighted by Crippen LogP contribution is 2.64. The zero-order valence-electron chi connectivity index (χ0n) is 18.2. The van der Waals surface area contributed by atoms with E-state index in [2.05, 4.69) is 58.6 Å². The highest BCUT2D eigenvalue weighted by molar-refractivity contribution is 5.84. The lowest BCUT2D eigenvalue weighted by Crippen LogP contribution is -2.68. The number of anilines is 2. The highest BCUT2D eigenvalue weighted by atomic mass is 16.2. The Morgan fingerprint density at radius 2 is 2.00 bits per heavy atom. The maximum atomic E-state index is 12.4. The van der Waals surface area contributed by atoms with Crippen molar-refractivity contribution in [1.82, 2.24) is 9.88 Å². The molecule has 3 fully saturated rings. The fourth-order valence-corrected chi connectivity index (χ4v) is 6.87. The number of hydrogen-bond donors (Lipinski definition) is 2. The molecule has 0 amide bonds. The van der Waals surface area contributed by atoms with Crippen LogP contribution in [0.4, 0.5) is 11.4 Å². The van der Waals surface area contributed by atoms with Gasteiger partial charge in [0.2, 0.25) is 0 Å². The van der Waals surface area contributed by atoms with Crippen molar-refractivity contribution in [2.75, 3.05) is 24.2 Å². The van der Waals surface area contributed by atoms with E-state index in [9.17, 15) is 9.59 Å². The fraction of sp³-hybridized carbons (Fsp3) is 0.480. The van der Waals surface area contributed by atoms with Gasteiger partial charge in [0.05, 0.1) is 11.6 Å². The normalized spacial score (nSPS) is 30.4. The number of aryl methyl sites for hydroxylation is 1. The Morgan fingerprint density at radius 1 is 1.19 bits per heavy atom. The van der Waals surface area contributed by atoms with Crippen molar-refractivity contribution in [2.24, 2.45) is 11.8 Å². The van der Waals surface area contributed by atoms with Gasteiger partial charge in [-0.15, -0.1) is 0 Å². The zero-order chi connectivity index (χ0) is 21.5. The first kappa shape index (κ1) is 19.0. The minimum Gasteiger partial charge on any atom is -0.383 e. The summed E-state index contributed by atoms with van der Waals surface area (Å²) in [7, 11) is 1.70. The van der Waals surface area contributed by atoms with Crippen LogP contribution in [0.15, 0.2) is 40.1 Å². The quantitative estimate of drug-likeness (QED) is 0.622. The molecule has 6 heteroatoms. The summed E-state index contributed by atoms with van der Waals surface area (Å²) in [5.41, 5.74) is 3.64. The molecule has 2 N–H and O–H groups in total. The van der Waals surface area contributed by atoms with E-state index < -0.39 is 10.9 Å². The lowest BCUT2D eigenvalue weighted by molar-refractivity contribution is -0.114. The molecule has 160 valence electrons. The summed E-state index contributed by atoms with van der Waals surface area (Å²) in [5, 5.41) is 7.58. The van der Waals surface area contributed by atoms with Gasteiger partial charge in [0.15, 0.2) is 0 Å². The smallest absolute Gasteiger partial charge is 0.253 e. The fourth-order valence-electron chi connectivity index (χ4n) is 6.87. The lowest BCUT2D eigenvalue weighted by atomic mass is 9.56. The van der Waals surface area contributed by atoms with Crippen molar-refractivity contribution in [1.29, 1.82) is 0 Å². The number of rotatable bonds is 5. The average Bonchev–Trinajstić information content (AvgIpc) is 2.92. The Kier molecular flexibility index (Phi) is 3.91. The molecule has 1 spiro atoms. The van der Waals surface area contributed by atoms with Gasteiger partial charge in [-0.2, -0.15) is 0 Å². The first-order valence-corrected chi connectivity index (χ1v) is 11.3. The Bertz CT molecular complexity index is 1280. The molecule has 1 aromatic heterocycles. The van der Waals surface area contributed by atoms with Crippen LogP contribution in [0, 0.1) is 18.8 Å². The molecule has 3 aromatic rings. The van der Waals surface area contributed by atoms with E-state index in [1.807, 2.05) is 6.20 Å². The van der Waals surface area contributed by atoms with Crippen LogP contribution in [0.1, 0.15) is 43.4 Å². The molecule has 2 aromatic carbocycles. The monoisotopic (exact) mass is 416 g/mol. The molecular formula is C25H28N4O2. The van der Waals surface area contributed by atoms with E-state index >= 15 is 0 Å². The third kappa shape index (κ3) is 2.39. The molecule has 31 heavy (non-hydrogen) atoms. The van der Waals surface area contributed by atoms with Gasteiger partial charge in [-0.1, -0.05) is 18.6 Å². The van der Waals surface area contributed by atoms with Crippen LogP contribution in [-0.4, -0.2) is 35.1 Å². The molecule has 3 heterocycles. The Labute approximate surface area is 181 Å². The second kappa shape index (κ2) is 6.39. The van der Waals surface area contributed by atoms with Crippen molar-refractivity contribution in [3.63, 3.8) is 0 Å². The first-order valence-electron chi connectivity index (χ1n) is 11.3. The summed E-state index contributed by atoms with van der Waals surface area (Å²) in [4.78, 5) is 31.8. The van der Waals surface area contributed by atoms with E-state index in [4.69, 9.17) is 0 Å². The Morgan fingerprint density at radius 3 is 2.68 bits per heavy atom. The minimum absolute atomic E-state index is 0.0716. The molecule has 5 atom stereocenters. The van der Waals surface area contributed by atoms with E-state index in [-0.39, 0.29) is 6.04 Å². The zero-order valence-corrected chi connectivity index (χ0v) is 18.2. The topological polar surface area (TPSA) is 74.3 Å². The maximum Gasteiger partial charge on any atom is 0.253 e. The number of aromatic nitrogens is 1. The van der Waals surface area contributed by atoms with E-state index in [0.29, 0.717) is 23.0 Å². The summed E-state index contributed by atoms with van der Waals surface area (Å²) in [5.74, 6) is 1.48. The van der Waals surface area contributed by atoms with E-state index in [1.165, 1.54) is 18.4 Å². The largest absolute Gasteiger partial charge is 0.383 e. The highest BCUT2D eigenvalue weighted by Gasteiger charge is 2.67. The van der Waals surface area contributed by atoms with Gasteiger partial charge in [0.1, 0.15) is 11.4 Å². The van der Waals surface area contributed by atoms with Gasteiger partial charge in [0.25, 0.3) is 10.9 Å². The second-order valence-corrected chi connectivity index (χ2v) is 9.84. The SMILES string of the molecule is CNc1c(NC(c2ccnc3ccc(C)cc23)[C@@H]2CC3C(C)CC34CCN24)c(=O)c1=O. The molecule has 2 aliphatic heterocycles. The third-order valence-electron chi connectivity index (χ3n) is 8.42. The lowest BCUT2D eigenvalue weighted by Gasteiger charge is -2.62. The average molecular weight is 417 g/mol. The number of hydrogen-bond acceptors (Lipinski definition) is 6. The number of benzene rings is 1. The van der Waals surface area contributed by atoms with Crippen molar-refractivity contribution in [2.45, 2.75) is 50.7 Å². The molecule has 4 unspecified atom stereocenters. The molecular weight excluding hydrogens is 388 g/mol. The maximum absolute atomic E-state index is 12.4. The van der Waals surface area contributed by atoms with Crippen molar-refractivity contribution < 1.29 is 0 Å². The summed E-state index contributed by atoms with van der Waals surface area (Å²) >= 11 is 0. The van der Waals surface area contributed by atoms with Crippen LogP contribution in [0.25, 0.3) is 10.9 Å². The summed E-state index contributed by atoms with van der Waals surface area (Å²) < 4.78 is 0. The van der Waals surface area contributed by atoms with Crippen molar-refractivity contribution >= 4 is 22.3 Å². The number of nitrogens with one attached hydrogen (secondary N) is 2. The molecule has 2 saturated heterocycles. The number of fused-ring (bicyclic) bond motifs is 1. The third-order valence-corrected chi connectivity index (χ3v) is 8.42. The first-order chi connectivity index (χ1) is 14.9. The van der Waals surface area contributed by atoms with E-state index in [0.717, 1.165) is 41.3 Å². The van der Waals surface area contributed by atoms with Crippen molar-refractivity contribution in [3.05, 3.63) is 62.0 Å². The molecule has 6 nitrogen and oxygen atoms in total. The van der Waals surface area contributed by atoms with Crippen LogP contribution in [0.5, 0.6) is 0 Å². The van der Waals surface area contributed by atoms with Crippen LogP contribution < -0.4 is 21.5 Å². The van der Waals surface area contributed by atoms with Gasteiger partial charge in [-0.05, 0) is 61.8 Å². The molecule has 0 radical (unpaired) electrons. The number of nitrogens with zero attached hydrogens (tertiary/aromatic N) is 2. The minimum atomic E-state index is -0.431. The van der Waals surface area contributed by atoms with Crippen LogP contribution in [0.3, 0.4) is 0 Å². The molecule has 3 aliphatic rings. The van der Waals surface area contributed by atoms with Gasteiger partial charge in [-0.25, -0.2) is 0 Å². The van der Waals surface area contributed by atoms with Crippen LogP contribution >= 0.6 is 0 Å².